The zero-order chi connectivity index (χ0) is 15.0. The zero-order valence-electron chi connectivity index (χ0n) is 11.7. The number of amides is 1. The van der Waals surface area contributed by atoms with Crippen molar-refractivity contribution in [1.82, 2.24) is 9.55 Å². The summed E-state index contributed by atoms with van der Waals surface area (Å²) in [6.07, 6.45) is 1.73. The van der Waals surface area contributed by atoms with E-state index in [4.69, 9.17) is 0 Å². The normalized spacial score (nSPS) is 10.8. The van der Waals surface area contributed by atoms with Crippen LogP contribution < -0.4 is 4.90 Å². The van der Waals surface area contributed by atoms with Crippen LogP contribution in [0.15, 0.2) is 48.8 Å². The number of aryl methyl sites for hydroxylation is 1. The average Bonchev–Trinajstić information content (AvgIpc) is 2.87. The summed E-state index contributed by atoms with van der Waals surface area (Å²) in [7, 11) is 3.61. The summed E-state index contributed by atoms with van der Waals surface area (Å²) in [5.41, 5.74) is 3.02. The van der Waals surface area contributed by atoms with Gasteiger partial charge in [-0.25, -0.2) is 9.37 Å². The first-order valence-electron chi connectivity index (χ1n) is 6.51. The van der Waals surface area contributed by atoms with Gasteiger partial charge in [-0.2, -0.15) is 0 Å². The summed E-state index contributed by atoms with van der Waals surface area (Å²) in [4.78, 5) is 18.2. The smallest absolute Gasteiger partial charge is 0.258 e. The third-order valence-electron chi connectivity index (χ3n) is 3.49. The molecule has 1 heterocycles. The highest BCUT2D eigenvalue weighted by Crippen LogP contribution is 2.21. The van der Waals surface area contributed by atoms with E-state index in [1.165, 1.54) is 29.2 Å². The van der Waals surface area contributed by atoms with E-state index in [1.54, 1.807) is 13.4 Å². The predicted molar refractivity (Wildman–Crippen MR) is 79.8 cm³/mol. The highest BCUT2D eigenvalue weighted by atomic mass is 19.1. The van der Waals surface area contributed by atoms with Gasteiger partial charge in [0.1, 0.15) is 5.82 Å². The fourth-order valence-electron chi connectivity index (χ4n) is 2.24. The maximum atomic E-state index is 12.9. The van der Waals surface area contributed by atoms with Crippen molar-refractivity contribution in [1.29, 1.82) is 0 Å². The number of hydrogen-bond acceptors (Lipinski definition) is 2. The minimum Gasteiger partial charge on any atom is -0.334 e. The van der Waals surface area contributed by atoms with Crippen LogP contribution in [0.3, 0.4) is 0 Å². The Kier molecular flexibility index (Phi) is 3.17. The number of benzene rings is 2. The summed E-state index contributed by atoms with van der Waals surface area (Å²) >= 11 is 0. The number of halogens is 1. The quantitative estimate of drug-likeness (QED) is 0.725. The van der Waals surface area contributed by atoms with Crippen LogP contribution in [-0.4, -0.2) is 22.5 Å². The maximum Gasteiger partial charge on any atom is 0.258 e. The molecule has 0 bridgehead atoms. The number of carbonyl (C=O) groups is 1. The lowest BCUT2D eigenvalue weighted by Gasteiger charge is -2.17. The first kappa shape index (κ1) is 13.3. The Morgan fingerprint density at radius 3 is 2.62 bits per heavy atom. The van der Waals surface area contributed by atoms with Crippen LogP contribution in [-0.2, 0) is 7.05 Å². The molecule has 3 aromatic rings. The lowest BCUT2D eigenvalue weighted by molar-refractivity contribution is 0.0993. The number of nitrogens with zero attached hydrogens (tertiary/aromatic N) is 3. The van der Waals surface area contributed by atoms with Gasteiger partial charge in [0.05, 0.1) is 17.4 Å². The van der Waals surface area contributed by atoms with Gasteiger partial charge in [-0.05, 0) is 42.5 Å². The van der Waals surface area contributed by atoms with Crippen molar-refractivity contribution in [2.75, 3.05) is 11.9 Å². The van der Waals surface area contributed by atoms with Gasteiger partial charge in [-0.1, -0.05) is 0 Å². The number of hydrogen-bond donors (Lipinski definition) is 0. The SMILES string of the molecule is CN(C(=O)c1ccc(F)cc1)c1ccc2c(c1)ncn2C. The second kappa shape index (κ2) is 5.01. The van der Waals surface area contributed by atoms with Crippen LogP contribution >= 0.6 is 0 Å². The standard InChI is InChI=1S/C16H14FN3O/c1-19-10-18-14-9-13(7-8-15(14)19)20(2)16(21)11-3-5-12(17)6-4-11/h3-10H,1-2H3. The van der Waals surface area contributed by atoms with Crippen molar-refractivity contribution in [3.63, 3.8) is 0 Å². The Bertz CT molecular complexity index is 808. The average molecular weight is 283 g/mol. The predicted octanol–water partition coefficient (Wildman–Crippen LogP) is 2.99. The largest absolute Gasteiger partial charge is 0.334 e. The first-order chi connectivity index (χ1) is 10.1. The van der Waals surface area contributed by atoms with Crippen LogP contribution in [0, 0.1) is 5.82 Å². The number of fused-ring (bicyclic) bond motifs is 1. The maximum absolute atomic E-state index is 12.9. The Morgan fingerprint density at radius 2 is 1.90 bits per heavy atom. The van der Waals surface area contributed by atoms with E-state index < -0.39 is 0 Å². The molecule has 4 nitrogen and oxygen atoms in total. The van der Waals surface area contributed by atoms with Crippen LogP contribution in [0.2, 0.25) is 0 Å². The molecule has 1 amide bonds. The van der Waals surface area contributed by atoms with Gasteiger partial charge >= 0.3 is 0 Å². The molecule has 106 valence electrons. The molecule has 0 saturated carbocycles. The van der Waals surface area contributed by atoms with Gasteiger partial charge in [-0.3, -0.25) is 4.79 Å². The molecule has 0 saturated heterocycles. The summed E-state index contributed by atoms with van der Waals surface area (Å²) < 4.78 is 14.8. The highest BCUT2D eigenvalue weighted by Gasteiger charge is 2.14. The lowest BCUT2D eigenvalue weighted by Crippen LogP contribution is -2.26. The summed E-state index contributed by atoms with van der Waals surface area (Å²) in [5.74, 6) is -0.547. The van der Waals surface area contributed by atoms with Crippen LogP contribution in [0.5, 0.6) is 0 Å². The Morgan fingerprint density at radius 1 is 1.19 bits per heavy atom. The minimum absolute atomic E-state index is 0.190. The second-order valence-corrected chi connectivity index (χ2v) is 4.90. The van der Waals surface area contributed by atoms with E-state index in [1.807, 2.05) is 29.8 Å². The van der Waals surface area contributed by atoms with Crippen LogP contribution in [0.25, 0.3) is 11.0 Å². The number of rotatable bonds is 2. The van der Waals surface area contributed by atoms with Crippen molar-refractivity contribution < 1.29 is 9.18 Å². The third kappa shape index (κ3) is 2.38. The molecular formula is C16H14FN3O. The molecule has 0 fully saturated rings. The Balaban J connectivity index is 1.93. The molecule has 0 spiro atoms. The Hall–Kier alpha value is -2.69. The van der Waals surface area contributed by atoms with E-state index in [0.717, 1.165) is 16.7 Å². The minimum atomic E-state index is -0.357. The molecule has 0 aliphatic carbocycles. The topological polar surface area (TPSA) is 38.1 Å². The molecule has 5 heteroatoms. The molecule has 0 aliphatic heterocycles. The molecule has 0 atom stereocenters. The molecule has 0 radical (unpaired) electrons. The van der Waals surface area contributed by atoms with Crippen LogP contribution in [0.4, 0.5) is 10.1 Å². The molecule has 3 rings (SSSR count). The van der Waals surface area contributed by atoms with E-state index >= 15 is 0 Å². The van der Waals surface area contributed by atoms with Gasteiger partial charge in [-0.15, -0.1) is 0 Å². The lowest BCUT2D eigenvalue weighted by atomic mass is 10.2. The monoisotopic (exact) mass is 283 g/mol. The molecule has 21 heavy (non-hydrogen) atoms. The van der Waals surface area contributed by atoms with Crippen molar-refractivity contribution in [3.05, 3.63) is 60.2 Å². The van der Waals surface area contributed by atoms with E-state index in [2.05, 4.69) is 4.98 Å². The number of aromatic nitrogens is 2. The van der Waals surface area contributed by atoms with Gasteiger partial charge in [0, 0.05) is 25.3 Å². The van der Waals surface area contributed by atoms with Gasteiger partial charge < -0.3 is 9.47 Å². The van der Waals surface area contributed by atoms with Gasteiger partial charge in [0.2, 0.25) is 0 Å². The second-order valence-electron chi connectivity index (χ2n) is 4.90. The fraction of sp³-hybridized carbons (Fsp3) is 0.125. The number of anilines is 1. The van der Waals surface area contributed by atoms with Crippen molar-refractivity contribution in [2.45, 2.75) is 0 Å². The summed E-state index contributed by atoms with van der Waals surface area (Å²) in [5, 5.41) is 0. The zero-order valence-corrected chi connectivity index (χ0v) is 11.7. The summed E-state index contributed by atoms with van der Waals surface area (Å²) in [6.45, 7) is 0. The van der Waals surface area contributed by atoms with Crippen molar-refractivity contribution in [2.24, 2.45) is 7.05 Å². The molecule has 0 aliphatic rings. The van der Waals surface area contributed by atoms with E-state index in [-0.39, 0.29) is 11.7 Å². The van der Waals surface area contributed by atoms with Crippen molar-refractivity contribution in [3.8, 4) is 0 Å². The van der Waals surface area contributed by atoms with Gasteiger partial charge in [0.25, 0.3) is 5.91 Å². The van der Waals surface area contributed by atoms with Crippen LogP contribution in [0.1, 0.15) is 10.4 Å². The molecular weight excluding hydrogens is 269 g/mol. The molecule has 2 aromatic carbocycles. The number of carbonyl (C=O) groups excluding carboxylic acids is 1. The van der Waals surface area contributed by atoms with E-state index in [0.29, 0.717) is 5.56 Å². The Labute approximate surface area is 121 Å². The summed E-state index contributed by atoms with van der Waals surface area (Å²) in [6, 6.07) is 11.2. The van der Waals surface area contributed by atoms with E-state index in [9.17, 15) is 9.18 Å². The number of imidazole rings is 1. The first-order valence-corrected chi connectivity index (χ1v) is 6.51. The fourth-order valence-corrected chi connectivity index (χ4v) is 2.24. The third-order valence-corrected chi connectivity index (χ3v) is 3.49. The van der Waals surface area contributed by atoms with Gasteiger partial charge in [0.15, 0.2) is 0 Å². The molecule has 0 N–H and O–H groups in total. The highest BCUT2D eigenvalue weighted by molar-refractivity contribution is 6.06. The molecule has 0 unspecified atom stereocenters. The van der Waals surface area contributed by atoms with Crippen molar-refractivity contribution >= 4 is 22.6 Å². The molecule has 1 aromatic heterocycles.